The van der Waals surface area contributed by atoms with Crippen LogP contribution in [0, 0.1) is 6.92 Å². The highest BCUT2D eigenvalue weighted by Gasteiger charge is 2.18. The first-order valence-corrected chi connectivity index (χ1v) is 9.54. The fourth-order valence-corrected chi connectivity index (χ4v) is 2.82. The molecule has 0 saturated carbocycles. The van der Waals surface area contributed by atoms with Gasteiger partial charge in [-0.15, -0.1) is 0 Å². The first-order valence-electron chi connectivity index (χ1n) is 9.54. The summed E-state index contributed by atoms with van der Waals surface area (Å²) in [5.41, 5.74) is 2.51. The number of amides is 2. The molecule has 3 rings (SSSR count). The van der Waals surface area contributed by atoms with E-state index in [2.05, 4.69) is 10.6 Å². The highest BCUT2D eigenvalue weighted by molar-refractivity contribution is 6.05. The van der Waals surface area contributed by atoms with Gasteiger partial charge in [0, 0.05) is 11.6 Å². The Balaban J connectivity index is 1.78. The van der Waals surface area contributed by atoms with Crippen molar-refractivity contribution in [1.29, 1.82) is 0 Å². The number of ether oxygens (including phenoxy) is 1. The fraction of sp³-hybridized carbons (Fsp3) is 0.167. The number of furan rings is 1. The second-order valence-corrected chi connectivity index (χ2v) is 6.86. The Labute approximate surface area is 175 Å². The van der Waals surface area contributed by atoms with Crippen molar-refractivity contribution in [3.63, 3.8) is 0 Å². The first-order chi connectivity index (χ1) is 14.5. The smallest absolute Gasteiger partial charge is 0.268 e. The minimum Gasteiger partial charge on any atom is -0.497 e. The number of carbonyl (C=O) groups excluding carboxylic acids is 2. The molecule has 2 aromatic carbocycles. The number of aryl methyl sites for hydroxylation is 1. The summed E-state index contributed by atoms with van der Waals surface area (Å²) in [5, 5.41) is 5.60. The number of hydrogen-bond acceptors (Lipinski definition) is 4. The summed E-state index contributed by atoms with van der Waals surface area (Å²) in [7, 11) is 1.60. The van der Waals surface area contributed by atoms with Gasteiger partial charge in [-0.05, 0) is 55.8 Å². The lowest BCUT2D eigenvalue weighted by Gasteiger charge is -2.17. The summed E-state index contributed by atoms with van der Waals surface area (Å²) in [4.78, 5) is 25.6. The van der Waals surface area contributed by atoms with Crippen LogP contribution in [0.2, 0.25) is 0 Å². The van der Waals surface area contributed by atoms with Crippen molar-refractivity contribution in [1.82, 2.24) is 10.6 Å². The van der Waals surface area contributed by atoms with E-state index in [1.165, 1.54) is 12.3 Å². The van der Waals surface area contributed by atoms with Crippen LogP contribution in [-0.4, -0.2) is 18.9 Å². The molecule has 0 saturated heterocycles. The van der Waals surface area contributed by atoms with Crippen LogP contribution >= 0.6 is 0 Å². The van der Waals surface area contributed by atoms with E-state index >= 15 is 0 Å². The topological polar surface area (TPSA) is 80.6 Å². The standard InChI is InChI=1S/C24H24N2O4/c1-16-6-8-19(9-7-16)23(27)26-22(15-21-5-4-14-30-21)24(28)25-17(2)18-10-12-20(29-3)13-11-18/h4-15,17H,1-3H3,(H,25,28)(H,26,27)/b22-15-/t17-/m0/s1. The third kappa shape index (κ3) is 5.38. The maximum absolute atomic E-state index is 12.9. The maximum atomic E-state index is 12.9. The fourth-order valence-electron chi connectivity index (χ4n) is 2.82. The van der Waals surface area contributed by atoms with Gasteiger partial charge >= 0.3 is 0 Å². The lowest BCUT2D eigenvalue weighted by Crippen LogP contribution is -2.36. The molecular formula is C24H24N2O4. The first kappa shape index (κ1) is 20.9. The van der Waals surface area contributed by atoms with Gasteiger partial charge in [0.1, 0.15) is 17.2 Å². The van der Waals surface area contributed by atoms with Crippen LogP contribution < -0.4 is 15.4 Å². The number of hydrogen-bond donors (Lipinski definition) is 2. The largest absolute Gasteiger partial charge is 0.497 e. The van der Waals surface area contributed by atoms with E-state index in [1.54, 1.807) is 31.4 Å². The van der Waals surface area contributed by atoms with Gasteiger partial charge in [0.2, 0.25) is 0 Å². The molecule has 154 valence electrons. The van der Waals surface area contributed by atoms with Crippen LogP contribution in [0.5, 0.6) is 5.75 Å². The molecule has 1 atom stereocenters. The maximum Gasteiger partial charge on any atom is 0.268 e. The molecule has 0 unspecified atom stereocenters. The molecule has 0 bridgehead atoms. The zero-order valence-electron chi connectivity index (χ0n) is 17.1. The van der Waals surface area contributed by atoms with Crippen LogP contribution in [0.25, 0.3) is 6.08 Å². The third-order valence-corrected chi connectivity index (χ3v) is 4.60. The molecule has 0 aliphatic rings. The molecule has 3 aromatic rings. The summed E-state index contributed by atoms with van der Waals surface area (Å²) < 4.78 is 10.5. The molecule has 0 spiro atoms. The third-order valence-electron chi connectivity index (χ3n) is 4.60. The van der Waals surface area contributed by atoms with Crippen molar-refractivity contribution in [2.45, 2.75) is 19.9 Å². The van der Waals surface area contributed by atoms with Crippen molar-refractivity contribution in [2.75, 3.05) is 7.11 Å². The van der Waals surface area contributed by atoms with Crippen molar-refractivity contribution in [3.8, 4) is 5.75 Å². The van der Waals surface area contributed by atoms with Gasteiger partial charge in [-0.25, -0.2) is 0 Å². The van der Waals surface area contributed by atoms with Crippen LogP contribution in [0.4, 0.5) is 0 Å². The zero-order chi connectivity index (χ0) is 21.5. The van der Waals surface area contributed by atoms with Gasteiger partial charge in [0.15, 0.2) is 0 Å². The Morgan fingerprint density at radius 2 is 1.73 bits per heavy atom. The van der Waals surface area contributed by atoms with Gasteiger partial charge in [-0.1, -0.05) is 29.8 Å². The summed E-state index contributed by atoms with van der Waals surface area (Å²) in [6, 6.07) is 17.7. The molecule has 2 N–H and O–H groups in total. The van der Waals surface area contributed by atoms with Crippen LogP contribution in [-0.2, 0) is 4.79 Å². The summed E-state index contributed by atoms with van der Waals surface area (Å²) >= 11 is 0. The Bertz CT molecular complexity index is 1020. The number of benzene rings is 2. The predicted molar refractivity (Wildman–Crippen MR) is 115 cm³/mol. The predicted octanol–water partition coefficient (Wildman–Crippen LogP) is 4.24. The van der Waals surface area contributed by atoms with Crippen molar-refractivity contribution in [2.24, 2.45) is 0 Å². The number of methoxy groups -OCH3 is 1. The minimum atomic E-state index is -0.421. The molecule has 1 heterocycles. The van der Waals surface area contributed by atoms with Gasteiger partial charge in [0.05, 0.1) is 19.4 Å². The van der Waals surface area contributed by atoms with E-state index in [1.807, 2.05) is 50.2 Å². The number of nitrogens with one attached hydrogen (secondary N) is 2. The summed E-state index contributed by atoms with van der Waals surface area (Å²) in [5.74, 6) is 0.401. The summed E-state index contributed by atoms with van der Waals surface area (Å²) in [6.07, 6.45) is 3.01. The Hall–Kier alpha value is -3.80. The molecule has 0 aliphatic carbocycles. The monoisotopic (exact) mass is 404 g/mol. The van der Waals surface area contributed by atoms with E-state index in [0.29, 0.717) is 11.3 Å². The second kappa shape index (κ2) is 9.60. The van der Waals surface area contributed by atoms with E-state index in [0.717, 1.165) is 16.9 Å². The summed E-state index contributed by atoms with van der Waals surface area (Å²) in [6.45, 7) is 3.81. The molecular weight excluding hydrogens is 380 g/mol. The molecule has 6 nitrogen and oxygen atoms in total. The van der Waals surface area contributed by atoms with E-state index in [9.17, 15) is 9.59 Å². The highest BCUT2D eigenvalue weighted by atomic mass is 16.5. The van der Waals surface area contributed by atoms with Crippen molar-refractivity contribution < 1.29 is 18.7 Å². The van der Waals surface area contributed by atoms with Gasteiger partial charge in [0.25, 0.3) is 11.8 Å². The molecule has 6 heteroatoms. The van der Waals surface area contributed by atoms with Crippen LogP contribution in [0.15, 0.2) is 77.0 Å². The molecule has 0 fully saturated rings. The zero-order valence-corrected chi connectivity index (χ0v) is 17.1. The van der Waals surface area contributed by atoms with Gasteiger partial charge in [-0.3, -0.25) is 9.59 Å². The van der Waals surface area contributed by atoms with E-state index in [-0.39, 0.29) is 17.6 Å². The molecule has 1 aromatic heterocycles. The number of carbonyl (C=O) groups is 2. The quantitative estimate of drug-likeness (QED) is 0.577. The molecule has 0 radical (unpaired) electrons. The average molecular weight is 404 g/mol. The van der Waals surface area contributed by atoms with Crippen LogP contribution in [0.3, 0.4) is 0 Å². The lowest BCUT2D eigenvalue weighted by molar-refractivity contribution is -0.118. The van der Waals surface area contributed by atoms with Crippen molar-refractivity contribution in [3.05, 3.63) is 95.1 Å². The van der Waals surface area contributed by atoms with Crippen LogP contribution in [0.1, 0.15) is 40.2 Å². The molecule has 30 heavy (non-hydrogen) atoms. The number of rotatable bonds is 7. The normalized spacial score (nSPS) is 12.2. The van der Waals surface area contributed by atoms with Gasteiger partial charge in [-0.2, -0.15) is 0 Å². The SMILES string of the molecule is COc1ccc([C@H](C)NC(=O)/C(=C/c2ccco2)NC(=O)c2ccc(C)cc2)cc1. The minimum absolute atomic E-state index is 0.0934. The lowest BCUT2D eigenvalue weighted by atomic mass is 10.1. The van der Waals surface area contributed by atoms with Crippen molar-refractivity contribution >= 4 is 17.9 Å². The highest BCUT2D eigenvalue weighted by Crippen LogP contribution is 2.18. The Morgan fingerprint density at radius 3 is 2.33 bits per heavy atom. The Morgan fingerprint density at radius 1 is 1.03 bits per heavy atom. The molecule has 0 aliphatic heterocycles. The average Bonchev–Trinajstić information content (AvgIpc) is 3.27. The van der Waals surface area contributed by atoms with E-state index in [4.69, 9.17) is 9.15 Å². The second-order valence-electron chi connectivity index (χ2n) is 6.86. The molecule has 2 amide bonds. The van der Waals surface area contributed by atoms with Gasteiger partial charge < -0.3 is 19.8 Å². The van der Waals surface area contributed by atoms with E-state index < -0.39 is 5.91 Å². The Kier molecular flexibility index (Phi) is 6.70.